The molecule has 0 fully saturated rings. The monoisotopic (exact) mass is 335 g/mol. The Morgan fingerprint density at radius 1 is 1.48 bits per heavy atom. The highest BCUT2D eigenvalue weighted by Gasteiger charge is 2.31. The first-order chi connectivity index (χ1) is 10.8. The second-order valence-corrected chi connectivity index (χ2v) is 6.77. The average molecular weight is 335 g/mol. The van der Waals surface area contributed by atoms with Crippen LogP contribution in [0.3, 0.4) is 0 Å². The van der Waals surface area contributed by atoms with E-state index in [1.807, 2.05) is 34.0 Å². The van der Waals surface area contributed by atoms with Crippen LogP contribution in [-0.2, 0) is 16.6 Å². The smallest absolute Gasteiger partial charge is 0.278 e. The van der Waals surface area contributed by atoms with E-state index in [2.05, 4.69) is 10.1 Å². The van der Waals surface area contributed by atoms with E-state index in [1.165, 1.54) is 11.8 Å². The van der Waals surface area contributed by atoms with Gasteiger partial charge in [-0.2, -0.15) is 5.10 Å². The molecule has 2 amide bonds. The lowest BCUT2D eigenvalue weighted by atomic mass is 10.2. The van der Waals surface area contributed by atoms with Crippen LogP contribution in [0.1, 0.15) is 25.1 Å². The number of aliphatic imine (C=N–C) groups is 1. The molecule has 2 rings (SSSR count). The minimum atomic E-state index is -0.435. The third-order valence-corrected chi connectivity index (χ3v) is 4.14. The molecule has 1 aromatic heterocycles. The van der Waals surface area contributed by atoms with Crippen molar-refractivity contribution < 1.29 is 9.59 Å². The fraction of sp³-hybridized carbons (Fsp3) is 0.467. The molecule has 1 aliphatic rings. The van der Waals surface area contributed by atoms with Crippen LogP contribution >= 0.6 is 11.8 Å². The zero-order valence-electron chi connectivity index (χ0n) is 13.7. The number of hydrogen-bond acceptors (Lipinski definition) is 5. The third-order valence-electron chi connectivity index (χ3n) is 3.15. The number of aryl methyl sites for hydroxylation is 2. The minimum absolute atomic E-state index is 0.0971. The Kier molecular flexibility index (Phi) is 5.25. The molecule has 0 saturated heterocycles. The van der Waals surface area contributed by atoms with E-state index >= 15 is 0 Å². The average Bonchev–Trinajstić information content (AvgIpc) is 2.90. The summed E-state index contributed by atoms with van der Waals surface area (Å²) in [6.45, 7) is 6.48. The van der Waals surface area contributed by atoms with E-state index in [4.69, 9.17) is 5.73 Å². The number of nitrogens with zero attached hydrogens (tertiary/aromatic N) is 4. The summed E-state index contributed by atoms with van der Waals surface area (Å²) in [4.78, 5) is 29.6. The van der Waals surface area contributed by atoms with Gasteiger partial charge in [-0.1, -0.05) is 25.6 Å². The molecular formula is C15H21N5O2S. The second-order valence-electron chi connectivity index (χ2n) is 5.83. The highest BCUT2D eigenvalue weighted by atomic mass is 32.2. The van der Waals surface area contributed by atoms with Gasteiger partial charge in [0.15, 0.2) is 5.17 Å². The second kappa shape index (κ2) is 6.99. The van der Waals surface area contributed by atoms with Crippen molar-refractivity contribution >= 4 is 34.8 Å². The largest absolute Gasteiger partial charge is 0.369 e. The fourth-order valence-electron chi connectivity index (χ4n) is 2.21. The number of amides is 2. The number of aromatic nitrogens is 2. The molecule has 7 nitrogen and oxygen atoms in total. The molecule has 0 spiro atoms. The summed E-state index contributed by atoms with van der Waals surface area (Å²) in [5, 5.41) is 4.78. The summed E-state index contributed by atoms with van der Waals surface area (Å²) in [7, 11) is 1.83. The molecular weight excluding hydrogens is 314 g/mol. The van der Waals surface area contributed by atoms with Gasteiger partial charge in [0.25, 0.3) is 5.91 Å². The van der Waals surface area contributed by atoms with Gasteiger partial charge in [0.1, 0.15) is 5.70 Å². The normalized spacial score (nSPS) is 16.6. The Hall–Kier alpha value is -2.09. The Morgan fingerprint density at radius 2 is 2.17 bits per heavy atom. The maximum atomic E-state index is 12.6. The zero-order valence-corrected chi connectivity index (χ0v) is 14.6. The number of carbonyl (C=O) groups excluding carboxylic acids is 2. The number of carbonyl (C=O) groups is 2. The van der Waals surface area contributed by atoms with Crippen LogP contribution < -0.4 is 5.73 Å². The van der Waals surface area contributed by atoms with Gasteiger partial charge in [-0.15, -0.1) is 0 Å². The summed E-state index contributed by atoms with van der Waals surface area (Å²) in [5.74, 6) is -0.207. The third kappa shape index (κ3) is 4.22. The molecule has 1 aliphatic heterocycles. The van der Waals surface area contributed by atoms with Crippen LogP contribution in [-0.4, -0.2) is 44.0 Å². The van der Waals surface area contributed by atoms with Gasteiger partial charge in [0.2, 0.25) is 5.91 Å². The van der Waals surface area contributed by atoms with Crippen molar-refractivity contribution in [3.63, 3.8) is 0 Å². The molecule has 0 saturated carbocycles. The van der Waals surface area contributed by atoms with Crippen molar-refractivity contribution in [2.45, 2.75) is 20.8 Å². The lowest BCUT2D eigenvalue weighted by molar-refractivity contribution is -0.123. The van der Waals surface area contributed by atoms with E-state index in [9.17, 15) is 9.59 Å². The van der Waals surface area contributed by atoms with E-state index < -0.39 is 5.91 Å². The molecule has 124 valence electrons. The van der Waals surface area contributed by atoms with E-state index in [-0.39, 0.29) is 17.6 Å². The van der Waals surface area contributed by atoms with E-state index in [1.54, 1.807) is 15.7 Å². The number of thioether (sulfide) groups is 1. The Labute approximate surface area is 139 Å². The van der Waals surface area contributed by atoms with Crippen LogP contribution in [0.2, 0.25) is 0 Å². The van der Waals surface area contributed by atoms with E-state index in [0.29, 0.717) is 17.4 Å². The van der Waals surface area contributed by atoms with Crippen LogP contribution in [0.5, 0.6) is 0 Å². The molecule has 0 aliphatic carbocycles. The number of hydrogen-bond donors (Lipinski definition) is 1. The van der Waals surface area contributed by atoms with Gasteiger partial charge in [0, 0.05) is 25.4 Å². The highest BCUT2D eigenvalue weighted by Crippen LogP contribution is 2.25. The van der Waals surface area contributed by atoms with Crippen molar-refractivity contribution in [1.29, 1.82) is 0 Å². The standard InChI is InChI=1S/C15H21N5O2S/c1-9(2)6-20-14(22)12(17-15(20)23-8-13(16)21)5-11-7-19(4)18-10(11)3/h5,7,9H,6,8H2,1-4H3,(H2,16,21). The molecule has 0 aromatic carbocycles. The van der Waals surface area contributed by atoms with Crippen molar-refractivity contribution in [1.82, 2.24) is 14.7 Å². The number of amidine groups is 1. The Morgan fingerprint density at radius 3 is 2.70 bits per heavy atom. The summed E-state index contributed by atoms with van der Waals surface area (Å²) in [6, 6.07) is 0. The zero-order chi connectivity index (χ0) is 17.1. The molecule has 0 bridgehead atoms. The molecule has 1 aromatic rings. The first-order valence-corrected chi connectivity index (χ1v) is 8.30. The summed E-state index contributed by atoms with van der Waals surface area (Å²) in [6.07, 6.45) is 3.57. The van der Waals surface area contributed by atoms with Gasteiger partial charge >= 0.3 is 0 Å². The van der Waals surface area contributed by atoms with Gasteiger partial charge in [-0.3, -0.25) is 19.2 Å². The Balaban J connectivity index is 2.31. The molecule has 2 N–H and O–H groups in total. The molecule has 0 radical (unpaired) electrons. The summed E-state index contributed by atoms with van der Waals surface area (Å²) in [5.41, 5.74) is 7.23. The van der Waals surface area contributed by atoms with Crippen molar-refractivity contribution in [2.75, 3.05) is 12.3 Å². The van der Waals surface area contributed by atoms with Gasteiger partial charge < -0.3 is 5.73 Å². The van der Waals surface area contributed by atoms with Crippen molar-refractivity contribution in [3.05, 3.63) is 23.2 Å². The van der Waals surface area contributed by atoms with Crippen LogP contribution in [0.15, 0.2) is 16.9 Å². The number of rotatable bonds is 5. The summed E-state index contributed by atoms with van der Waals surface area (Å²) >= 11 is 1.19. The lowest BCUT2D eigenvalue weighted by Crippen LogP contribution is -2.34. The minimum Gasteiger partial charge on any atom is -0.369 e. The maximum absolute atomic E-state index is 12.6. The van der Waals surface area contributed by atoms with Gasteiger partial charge in [-0.25, -0.2) is 4.99 Å². The maximum Gasteiger partial charge on any atom is 0.278 e. The van der Waals surface area contributed by atoms with E-state index in [0.717, 1.165) is 11.3 Å². The first-order valence-electron chi connectivity index (χ1n) is 7.31. The molecule has 23 heavy (non-hydrogen) atoms. The highest BCUT2D eigenvalue weighted by molar-refractivity contribution is 8.14. The summed E-state index contributed by atoms with van der Waals surface area (Å²) < 4.78 is 1.69. The quantitative estimate of drug-likeness (QED) is 0.817. The SMILES string of the molecule is Cc1nn(C)cc1C=C1N=C(SCC(N)=O)N(CC(C)C)C1=O. The number of nitrogens with two attached hydrogens (primary N) is 1. The molecule has 2 heterocycles. The predicted octanol–water partition coefficient (Wildman–Crippen LogP) is 1.14. The van der Waals surface area contributed by atoms with Gasteiger partial charge in [0.05, 0.1) is 11.4 Å². The van der Waals surface area contributed by atoms with Gasteiger partial charge in [-0.05, 0) is 18.9 Å². The number of primary amides is 1. The van der Waals surface area contributed by atoms with Crippen molar-refractivity contribution in [3.8, 4) is 0 Å². The van der Waals surface area contributed by atoms with Crippen LogP contribution in [0, 0.1) is 12.8 Å². The van der Waals surface area contributed by atoms with Crippen LogP contribution in [0.25, 0.3) is 6.08 Å². The topological polar surface area (TPSA) is 93.6 Å². The first kappa shape index (κ1) is 17.3. The molecule has 0 atom stereocenters. The van der Waals surface area contributed by atoms with Crippen LogP contribution in [0.4, 0.5) is 0 Å². The fourth-order valence-corrected chi connectivity index (χ4v) is 2.96. The van der Waals surface area contributed by atoms with Crippen molar-refractivity contribution in [2.24, 2.45) is 23.7 Å². The molecule has 0 unspecified atom stereocenters. The predicted molar refractivity (Wildman–Crippen MR) is 91.6 cm³/mol. The lowest BCUT2D eigenvalue weighted by Gasteiger charge is -2.19. The Bertz CT molecular complexity index is 690. The molecule has 8 heteroatoms.